The van der Waals surface area contributed by atoms with Crippen LogP contribution in [0.15, 0.2) is 24.3 Å². The quantitative estimate of drug-likeness (QED) is 0.644. The molecule has 0 saturated carbocycles. The fourth-order valence-electron chi connectivity index (χ4n) is 2.73. The van der Waals surface area contributed by atoms with Crippen LogP contribution in [0.4, 0.5) is 4.79 Å². The van der Waals surface area contributed by atoms with E-state index in [0.717, 1.165) is 5.56 Å². The zero-order valence-corrected chi connectivity index (χ0v) is 15.3. The predicted octanol–water partition coefficient (Wildman–Crippen LogP) is 0.689. The highest BCUT2D eigenvalue weighted by Gasteiger charge is 2.31. The monoisotopic (exact) mass is 348 g/mol. The largest absolute Gasteiger partial charge is 0.390 e. The number of amides is 3. The first-order valence-electron chi connectivity index (χ1n) is 8.48. The highest BCUT2D eigenvalue weighted by molar-refractivity contribution is 5.94. The van der Waals surface area contributed by atoms with Crippen LogP contribution < -0.4 is 16.0 Å². The topological polar surface area (TPSA) is 93.7 Å². The maximum Gasteiger partial charge on any atom is 0.317 e. The molecule has 1 aromatic carbocycles. The molecule has 0 spiro atoms. The summed E-state index contributed by atoms with van der Waals surface area (Å²) in [5, 5.41) is 18.7. The lowest BCUT2D eigenvalue weighted by Gasteiger charge is -2.26. The number of aliphatic hydroxyl groups excluding tert-OH is 1. The zero-order chi connectivity index (χ0) is 18.6. The minimum atomic E-state index is -0.555. The van der Waals surface area contributed by atoms with Crippen molar-refractivity contribution in [2.45, 2.75) is 45.0 Å². The van der Waals surface area contributed by atoms with Crippen LogP contribution in [0.5, 0.6) is 0 Å². The molecule has 1 fully saturated rings. The Bertz CT molecular complexity index is 627. The maximum atomic E-state index is 12.3. The lowest BCUT2D eigenvalue weighted by atomic mass is 10.1. The highest BCUT2D eigenvalue weighted by atomic mass is 16.3. The van der Waals surface area contributed by atoms with Gasteiger partial charge in [-0.05, 0) is 38.5 Å². The molecule has 138 valence electrons. The average molecular weight is 348 g/mol. The number of nitrogens with zero attached hydrogens (tertiary/aromatic N) is 1. The second-order valence-electron chi connectivity index (χ2n) is 7.47. The van der Waals surface area contributed by atoms with E-state index in [1.54, 1.807) is 25.2 Å². The minimum absolute atomic E-state index is 0.141. The van der Waals surface area contributed by atoms with Crippen molar-refractivity contribution in [1.82, 2.24) is 20.9 Å². The second kappa shape index (κ2) is 7.84. The van der Waals surface area contributed by atoms with E-state index < -0.39 is 6.10 Å². The summed E-state index contributed by atoms with van der Waals surface area (Å²) in [6, 6.07) is 6.70. The standard InChI is InChI=1S/C18H28N4O3/c1-18(2,3)21-16(24)13-7-5-6-12(8-13)9-20-17(25)22(4)14-10-19-11-15(14)23/h5-8,14-15,19,23H,9-11H2,1-4H3,(H,20,25)(H,21,24)/t14-,15-/m0/s1. The molecule has 0 bridgehead atoms. The molecule has 1 aromatic rings. The number of rotatable bonds is 4. The molecule has 0 unspecified atom stereocenters. The number of urea groups is 1. The SMILES string of the molecule is CN(C(=O)NCc1cccc(C(=O)NC(C)(C)C)c1)[C@H]1CNC[C@@H]1O. The van der Waals surface area contributed by atoms with Gasteiger partial charge in [-0.3, -0.25) is 4.79 Å². The van der Waals surface area contributed by atoms with Gasteiger partial charge in [0.1, 0.15) is 0 Å². The molecule has 0 aliphatic carbocycles. The molecule has 4 N–H and O–H groups in total. The Balaban J connectivity index is 1.93. The van der Waals surface area contributed by atoms with Gasteiger partial charge in [0.2, 0.25) is 0 Å². The molecule has 1 aliphatic heterocycles. The molecule has 1 saturated heterocycles. The van der Waals surface area contributed by atoms with Crippen LogP contribution in [-0.4, -0.2) is 59.8 Å². The van der Waals surface area contributed by atoms with Crippen LogP contribution in [0.3, 0.4) is 0 Å². The summed E-state index contributed by atoms with van der Waals surface area (Å²) in [4.78, 5) is 26.0. The average Bonchev–Trinajstić information content (AvgIpc) is 2.96. The van der Waals surface area contributed by atoms with Crippen LogP contribution in [-0.2, 0) is 6.54 Å². The number of likely N-dealkylation sites (N-methyl/N-ethyl adjacent to an activating group) is 1. The van der Waals surface area contributed by atoms with Gasteiger partial charge in [0, 0.05) is 37.8 Å². The Morgan fingerprint density at radius 1 is 1.32 bits per heavy atom. The molecule has 0 radical (unpaired) electrons. The molecule has 2 atom stereocenters. The van der Waals surface area contributed by atoms with Crippen LogP contribution >= 0.6 is 0 Å². The fourth-order valence-corrected chi connectivity index (χ4v) is 2.73. The third-order valence-corrected chi connectivity index (χ3v) is 4.09. The fraction of sp³-hybridized carbons (Fsp3) is 0.556. The van der Waals surface area contributed by atoms with Gasteiger partial charge in [-0.25, -0.2) is 4.79 Å². The Hall–Kier alpha value is -2.12. The van der Waals surface area contributed by atoms with Crippen molar-refractivity contribution in [2.24, 2.45) is 0 Å². The Labute approximate surface area is 148 Å². The third kappa shape index (κ3) is 5.44. The Kier molecular flexibility index (Phi) is 6.02. The number of aliphatic hydroxyl groups is 1. The van der Waals surface area contributed by atoms with Gasteiger partial charge in [0.25, 0.3) is 5.91 Å². The first kappa shape index (κ1) is 19.2. The van der Waals surface area contributed by atoms with Gasteiger partial charge in [0.05, 0.1) is 12.1 Å². The molecule has 1 heterocycles. The summed E-state index contributed by atoms with van der Waals surface area (Å²) in [6.45, 7) is 7.17. The van der Waals surface area contributed by atoms with E-state index in [1.165, 1.54) is 4.90 Å². The summed E-state index contributed by atoms with van der Waals surface area (Å²) >= 11 is 0. The summed E-state index contributed by atoms with van der Waals surface area (Å²) in [5.41, 5.74) is 1.10. The van der Waals surface area contributed by atoms with E-state index in [0.29, 0.717) is 25.2 Å². The van der Waals surface area contributed by atoms with Crippen molar-refractivity contribution in [3.8, 4) is 0 Å². The molecule has 2 rings (SSSR count). The molecule has 25 heavy (non-hydrogen) atoms. The number of hydrogen-bond donors (Lipinski definition) is 4. The minimum Gasteiger partial charge on any atom is -0.390 e. The maximum absolute atomic E-state index is 12.3. The normalized spacial score (nSPS) is 20.2. The Morgan fingerprint density at radius 2 is 2.04 bits per heavy atom. The number of nitrogens with one attached hydrogen (secondary N) is 3. The van der Waals surface area contributed by atoms with Gasteiger partial charge in [-0.2, -0.15) is 0 Å². The number of carbonyl (C=O) groups is 2. The number of β-amino-alcohol motifs (C(OH)–C–C–N with tert-alkyl or cyclic N) is 1. The van der Waals surface area contributed by atoms with Crippen LogP contribution in [0.25, 0.3) is 0 Å². The molecular formula is C18H28N4O3. The first-order chi connectivity index (χ1) is 11.7. The Morgan fingerprint density at radius 3 is 2.64 bits per heavy atom. The highest BCUT2D eigenvalue weighted by Crippen LogP contribution is 2.10. The number of hydrogen-bond acceptors (Lipinski definition) is 4. The summed E-state index contributed by atoms with van der Waals surface area (Å²) < 4.78 is 0. The molecule has 1 aliphatic rings. The zero-order valence-electron chi connectivity index (χ0n) is 15.3. The first-order valence-corrected chi connectivity index (χ1v) is 8.48. The van der Waals surface area contributed by atoms with E-state index in [4.69, 9.17) is 0 Å². The smallest absolute Gasteiger partial charge is 0.317 e. The van der Waals surface area contributed by atoms with Crippen molar-refractivity contribution in [2.75, 3.05) is 20.1 Å². The summed E-state index contributed by atoms with van der Waals surface area (Å²) in [6.07, 6.45) is -0.555. The van der Waals surface area contributed by atoms with E-state index >= 15 is 0 Å². The van der Waals surface area contributed by atoms with Crippen molar-refractivity contribution in [3.05, 3.63) is 35.4 Å². The van der Waals surface area contributed by atoms with Gasteiger partial charge in [-0.15, -0.1) is 0 Å². The predicted molar refractivity (Wildman–Crippen MR) is 96.3 cm³/mol. The number of benzene rings is 1. The second-order valence-corrected chi connectivity index (χ2v) is 7.47. The third-order valence-electron chi connectivity index (χ3n) is 4.09. The van der Waals surface area contributed by atoms with Crippen molar-refractivity contribution in [3.63, 3.8) is 0 Å². The van der Waals surface area contributed by atoms with E-state index in [2.05, 4.69) is 16.0 Å². The van der Waals surface area contributed by atoms with Crippen molar-refractivity contribution >= 4 is 11.9 Å². The molecule has 0 aromatic heterocycles. The van der Waals surface area contributed by atoms with Crippen molar-refractivity contribution < 1.29 is 14.7 Å². The van der Waals surface area contributed by atoms with Gasteiger partial charge in [0.15, 0.2) is 0 Å². The molecule has 7 heteroatoms. The van der Waals surface area contributed by atoms with Crippen LogP contribution in [0, 0.1) is 0 Å². The summed E-state index contributed by atoms with van der Waals surface area (Å²) in [5.74, 6) is -0.141. The lowest BCUT2D eigenvalue weighted by Crippen LogP contribution is -2.48. The van der Waals surface area contributed by atoms with E-state index in [9.17, 15) is 14.7 Å². The molecule has 7 nitrogen and oxygen atoms in total. The van der Waals surface area contributed by atoms with Crippen LogP contribution in [0.2, 0.25) is 0 Å². The number of carbonyl (C=O) groups excluding carboxylic acids is 2. The lowest BCUT2D eigenvalue weighted by molar-refractivity contribution is 0.0919. The van der Waals surface area contributed by atoms with Crippen molar-refractivity contribution in [1.29, 1.82) is 0 Å². The van der Waals surface area contributed by atoms with Gasteiger partial charge >= 0.3 is 6.03 Å². The van der Waals surface area contributed by atoms with E-state index in [-0.39, 0.29) is 23.5 Å². The molecule has 3 amide bonds. The van der Waals surface area contributed by atoms with Gasteiger partial charge in [-0.1, -0.05) is 12.1 Å². The van der Waals surface area contributed by atoms with Gasteiger partial charge < -0.3 is 26.0 Å². The van der Waals surface area contributed by atoms with E-state index in [1.807, 2.05) is 26.8 Å². The van der Waals surface area contributed by atoms with Crippen LogP contribution in [0.1, 0.15) is 36.7 Å². The summed E-state index contributed by atoms with van der Waals surface area (Å²) in [7, 11) is 1.67. The molecular weight excluding hydrogens is 320 g/mol.